The average Bonchev–Trinajstić information content (AvgIpc) is 3.26. The molecule has 4 rings (SSSR count). The standard InChI is InChI=1S/C17H20N4S/c1-2-21-15-7-4-3-6-14(15)19-17(21)16-8-5-9-20(16)10-13-11-22-12-18-13/h3-4,6-7,11-12,16H,2,5,8-10H2,1H3/t16-/m0/s1. The van der Waals surface area contributed by atoms with Crippen molar-refractivity contribution in [1.82, 2.24) is 19.4 Å². The fourth-order valence-corrected chi connectivity index (χ4v) is 4.06. The fourth-order valence-electron chi connectivity index (χ4n) is 3.51. The zero-order valence-electron chi connectivity index (χ0n) is 12.8. The predicted octanol–water partition coefficient (Wildman–Crippen LogP) is 3.85. The second-order valence-electron chi connectivity index (χ2n) is 5.81. The molecule has 0 saturated carbocycles. The van der Waals surface area contributed by atoms with E-state index in [9.17, 15) is 0 Å². The highest BCUT2D eigenvalue weighted by molar-refractivity contribution is 7.07. The van der Waals surface area contributed by atoms with Crippen LogP contribution in [-0.2, 0) is 13.1 Å². The molecule has 1 saturated heterocycles. The molecule has 0 unspecified atom stereocenters. The van der Waals surface area contributed by atoms with Gasteiger partial charge in [-0.3, -0.25) is 4.90 Å². The minimum Gasteiger partial charge on any atom is -0.327 e. The van der Waals surface area contributed by atoms with Crippen molar-refractivity contribution in [2.24, 2.45) is 0 Å². The SMILES string of the molecule is CCn1c([C@@H]2CCCN2Cc2cscn2)nc2ccccc21. The van der Waals surface area contributed by atoms with E-state index < -0.39 is 0 Å². The lowest BCUT2D eigenvalue weighted by molar-refractivity contribution is 0.233. The molecule has 0 amide bonds. The summed E-state index contributed by atoms with van der Waals surface area (Å²) in [5.74, 6) is 1.22. The van der Waals surface area contributed by atoms with Gasteiger partial charge in [0.15, 0.2) is 0 Å². The molecule has 1 aliphatic rings. The van der Waals surface area contributed by atoms with Gasteiger partial charge in [0.05, 0.1) is 28.3 Å². The predicted molar refractivity (Wildman–Crippen MR) is 89.9 cm³/mol. The maximum absolute atomic E-state index is 4.95. The lowest BCUT2D eigenvalue weighted by Gasteiger charge is -2.23. The third-order valence-corrected chi connectivity index (χ3v) is 5.15. The Morgan fingerprint density at radius 3 is 3.05 bits per heavy atom. The molecule has 3 aromatic rings. The van der Waals surface area contributed by atoms with E-state index >= 15 is 0 Å². The van der Waals surface area contributed by atoms with Gasteiger partial charge in [0.2, 0.25) is 0 Å². The molecule has 1 atom stereocenters. The van der Waals surface area contributed by atoms with Crippen LogP contribution in [0.15, 0.2) is 35.2 Å². The molecule has 5 heteroatoms. The third kappa shape index (κ3) is 2.34. The minimum atomic E-state index is 0.411. The van der Waals surface area contributed by atoms with Crippen LogP contribution in [-0.4, -0.2) is 26.0 Å². The summed E-state index contributed by atoms with van der Waals surface area (Å²) in [7, 11) is 0. The Morgan fingerprint density at radius 2 is 2.23 bits per heavy atom. The van der Waals surface area contributed by atoms with E-state index in [2.05, 4.69) is 51.0 Å². The fraction of sp³-hybridized carbons (Fsp3) is 0.412. The Hall–Kier alpha value is -1.72. The molecule has 0 bridgehead atoms. The van der Waals surface area contributed by atoms with Crippen LogP contribution in [0.4, 0.5) is 0 Å². The van der Waals surface area contributed by atoms with E-state index in [-0.39, 0.29) is 0 Å². The Bertz CT molecular complexity index is 762. The number of hydrogen-bond acceptors (Lipinski definition) is 4. The van der Waals surface area contributed by atoms with Crippen molar-refractivity contribution in [3.63, 3.8) is 0 Å². The topological polar surface area (TPSA) is 34.0 Å². The number of imidazole rings is 1. The number of benzene rings is 1. The lowest BCUT2D eigenvalue weighted by Crippen LogP contribution is -2.25. The van der Waals surface area contributed by atoms with Crippen molar-refractivity contribution in [3.8, 4) is 0 Å². The number of rotatable bonds is 4. The number of hydrogen-bond donors (Lipinski definition) is 0. The van der Waals surface area contributed by atoms with Crippen LogP contribution in [0.25, 0.3) is 11.0 Å². The summed E-state index contributed by atoms with van der Waals surface area (Å²) in [5.41, 5.74) is 5.46. The van der Waals surface area contributed by atoms with Crippen LogP contribution in [0.2, 0.25) is 0 Å². The Labute approximate surface area is 134 Å². The van der Waals surface area contributed by atoms with Crippen molar-refractivity contribution in [2.75, 3.05) is 6.54 Å². The minimum absolute atomic E-state index is 0.411. The van der Waals surface area contributed by atoms with Crippen molar-refractivity contribution in [1.29, 1.82) is 0 Å². The normalized spacial score (nSPS) is 19.2. The first-order valence-corrected chi connectivity index (χ1v) is 8.87. The van der Waals surface area contributed by atoms with Gasteiger partial charge in [0.25, 0.3) is 0 Å². The van der Waals surface area contributed by atoms with Gasteiger partial charge in [-0.15, -0.1) is 11.3 Å². The smallest absolute Gasteiger partial charge is 0.127 e. The first-order valence-electron chi connectivity index (χ1n) is 7.93. The van der Waals surface area contributed by atoms with Gasteiger partial charge in [-0.1, -0.05) is 12.1 Å². The Kier molecular flexibility index (Phi) is 3.68. The number of para-hydroxylation sites is 2. The van der Waals surface area contributed by atoms with Crippen LogP contribution in [0, 0.1) is 0 Å². The van der Waals surface area contributed by atoms with E-state index in [4.69, 9.17) is 4.98 Å². The summed E-state index contributed by atoms with van der Waals surface area (Å²) in [4.78, 5) is 11.9. The van der Waals surface area contributed by atoms with Crippen LogP contribution in [0.3, 0.4) is 0 Å². The highest BCUT2D eigenvalue weighted by Gasteiger charge is 2.30. The summed E-state index contributed by atoms with van der Waals surface area (Å²) >= 11 is 1.67. The molecule has 0 aliphatic carbocycles. The molecule has 114 valence electrons. The van der Waals surface area contributed by atoms with Gasteiger partial charge in [-0.05, 0) is 38.4 Å². The van der Waals surface area contributed by atoms with Crippen molar-refractivity contribution < 1.29 is 0 Å². The van der Waals surface area contributed by atoms with Gasteiger partial charge >= 0.3 is 0 Å². The zero-order valence-corrected chi connectivity index (χ0v) is 13.6. The molecule has 1 aliphatic heterocycles. The van der Waals surface area contributed by atoms with Gasteiger partial charge in [0, 0.05) is 18.5 Å². The number of likely N-dealkylation sites (tertiary alicyclic amines) is 1. The molecule has 22 heavy (non-hydrogen) atoms. The van der Waals surface area contributed by atoms with Crippen LogP contribution in [0.5, 0.6) is 0 Å². The van der Waals surface area contributed by atoms with Gasteiger partial charge in [0.1, 0.15) is 5.82 Å². The second-order valence-corrected chi connectivity index (χ2v) is 6.53. The maximum Gasteiger partial charge on any atom is 0.127 e. The van der Waals surface area contributed by atoms with Crippen molar-refractivity contribution in [2.45, 2.75) is 38.9 Å². The number of nitrogens with zero attached hydrogens (tertiary/aromatic N) is 4. The van der Waals surface area contributed by atoms with Gasteiger partial charge in [-0.25, -0.2) is 9.97 Å². The number of aromatic nitrogens is 3. The van der Waals surface area contributed by atoms with E-state index in [1.54, 1.807) is 11.3 Å². The molecule has 0 N–H and O–H groups in total. The number of fused-ring (bicyclic) bond motifs is 1. The summed E-state index contributed by atoms with van der Waals surface area (Å²) in [5, 5.41) is 2.15. The van der Waals surface area contributed by atoms with E-state index in [1.165, 1.54) is 29.9 Å². The molecular weight excluding hydrogens is 292 g/mol. The molecule has 2 aromatic heterocycles. The first-order chi connectivity index (χ1) is 10.9. The highest BCUT2D eigenvalue weighted by Crippen LogP contribution is 2.34. The quantitative estimate of drug-likeness (QED) is 0.734. The summed E-state index contributed by atoms with van der Waals surface area (Å²) < 4.78 is 2.37. The lowest BCUT2D eigenvalue weighted by atomic mass is 10.2. The monoisotopic (exact) mass is 312 g/mol. The second kappa shape index (κ2) is 5.82. The third-order valence-electron chi connectivity index (χ3n) is 4.51. The van der Waals surface area contributed by atoms with Crippen LogP contribution < -0.4 is 0 Å². The molecule has 0 spiro atoms. The van der Waals surface area contributed by atoms with E-state index in [0.29, 0.717) is 6.04 Å². The molecule has 1 fully saturated rings. The van der Waals surface area contributed by atoms with Gasteiger partial charge < -0.3 is 4.57 Å². The summed E-state index contributed by atoms with van der Waals surface area (Å²) in [6, 6.07) is 8.87. The van der Waals surface area contributed by atoms with Crippen molar-refractivity contribution >= 4 is 22.4 Å². The van der Waals surface area contributed by atoms with Crippen molar-refractivity contribution in [3.05, 3.63) is 46.7 Å². The molecule has 3 heterocycles. The van der Waals surface area contributed by atoms with E-state index in [1.807, 2.05) is 5.51 Å². The highest BCUT2D eigenvalue weighted by atomic mass is 32.1. The van der Waals surface area contributed by atoms with Crippen LogP contribution >= 0.6 is 11.3 Å². The van der Waals surface area contributed by atoms with E-state index in [0.717, 1.165) is 25.2 Å². The summed E-state index contributed by atoms with van der Waals surface area (Å²) in [6.07, 6.45) is 2.43. The Morgan fingerprint density at radius 1 is 1.32 bits per heavy atom. The number of thiazole rings is 1. The molecule has 4 nitrogen and oxygen atoms in total. The average molecular weight is 312 g/mol. The molecule has 1 aromatic carbocycles. The zero-order chi connectivity index (χ0) is 14.9. The van der Waals surface area contributed by atoms with Crippen LogP contribution in [0.1, 0.15) is 37.3 Å². The number of aryl methyl sites for hydroxylation is 1. The Balaban J connectivity index is 1.70. The maximum atomic E-state index is 4.95. The molecular formula is C17H20N4S. The molecule has 0 radical (unpaired) electrons. The largest absolute Gasteiger partial charge is 0.327 e. The van der Waals surface area contributed by atoms with Gasteiger partial charge in [-0.2, -0.15) is 0 Å². The summed E-state index contributed by atoms with van der Waals surface area (Å²) in [6.45, 7) is 5.24. The first kappa shape index (κ1) is 13.9.